The lowest BCUT2D eigenvalue weighted by atomic mass is 10.1. The molecule has 2 aromatic carbocycles. The van der Waals surface area contributed by atoms with Crippen LogP contribution < -0.4 is 4.74 Å². The van der Waals surface area contributed by atoms with Crippen molar-refractivity contribution in [1.29, 1.82) is 0 Å². The minimum atomic E-state index is -0.348. The van der Waals surface area contributed by atoms with Crippen molar-refractivity contribution >= 4 is 29.2 Å². The summed E-state index contributed by atoms with van der Waals surface area (Å²) in [5, 5.41) is 1.01. The molecule has 0 amide bonds. The van der Waals surface area contributed by atoms with E-state index in [-0.39, 0.29) is 18.5 Å². The van der Waals surface area contributed by atoms with Crippen LogP contribution in [0.25, 0.3) is 0 Å². The van der Waals surface area contributed by atoms with Crippen molar-refractivity contribution in [2.24, 2.45) is 0 Å². The van der Waals surface area contributed by atoms with E-state index in [2.05, 4.69) is 0 Å². The van der Waals surface area contributed by atoms with Crippen LogP contribution in [0.2, 0.25) is 10.0 Å². The number of halogens is 2. The second-order valence-electron chi connectivity index (χ2n) is 5.23. The van der Waals surface area contributed by atoms with Crippen LogP contribution in [-0.2, 0) is 14.3 Å². The van der Waals surface area contributed by atoms with Crippen molar-refractivity contribution in [2.45, 2.75) is 26.4 Å². The minimum Gasteiger partial charge on any atom is -0.466 e. The highest BCUT2D eigenvalue weighted by atomic mass is 35.5. The van der Waals surface area contributed by atoms with Gasteiger partial charge in [-0.1, -0.05) is 35.3 Å². The van der Waals surface area contributed by atoms with Gasteiger partial charge in [-0.3, -0.25) is 4.79 Å². The summed E-state index contributed by atoms with van der Waals surface area (Å²) in [6.45, 7) is 4.52. The smallest absolute Gasteiger partial charge is 0.308 e. The molecule has 134 valence electrons. The molecule has 0 unspecified atom stereocenters. The summed E-state index contributed by atoms with van der Waals surface area (Å²) in [6.07, 6.45) is -0.176. The maximum Gasteiger partial charge on any atom is 0.308 e. The molecule has 0 spiro atoms. The van der Waals surface area contributed by atoms with Gasteiger partial charge in [0, 0.05) is 16.7 Å². The second-order valence-corrected chi connectivity index (χ2v) is 6.10. The van der Waals surface area contributed by atoms with Crippen LogP contribution in [0.5, 0.6) is 11.5 Å². The van der Waals surface area contributed by atoms with E-state index in [0.717, 1.165) is 5.56 Å². The Hall–Kier alpha value is -1.75. The van der Waals surface area contributed by atoms with Gasteiger partial charge in [0.2, 0.25) is 0 Å². The Morgan fingerprint density at radius 3 is 2.16 bits per heavy atom. The molecule has 6 heteroatoms. The van der Waals surface area contributed by atoms with E-state index in [1.165, 1.54) is 0 Å². The van der Waals surface area contributed by atoms with Gasteiger partial charge in [-0.2, -0.15) is 0 Å². The lowest BCUT2D eigenvalue weighted by Crippen LogP contribution is -2.13. The van der Waals surface area contributed by atoms with Crippen molar-refractivity contribution in [3.63, 3.8) is 0 Å². The van der Waals surface area contributed by atoms with E-state index in [0.29, 0.717) is 34.8 Å². The second kappa shape index (κ2) is 9.66. The van der Waals surface area contributed by atoms with Crippen molar-refractivity contribution in [3.05, 3.63) is 58.1 Å². The molecule has 1 atom stereocenters. The Balaban J connectivity index is 2.09. The zero-order valence-corrected chi connectivity index (χ0v) is 15.6. The molecule has 25 heavy (non-hydrogen) atoms. The molecule has 0 saturated heterocycles. The van der Waals surface area contributed by atoms with E-state index in [9.17, 15) is 4.79 Å². The molecule has 0 heterocycles. The van der Waals surface area contributed by atoms with Crippen LogP contribution in [0.3, 0.4) is 0 Å². The average Bonchev–Trinajstić information content (AvgIpc) is 2.54. The molecular weight excluding hydrogens is 363 g/mol. The Morgan fingerprint density at radius 1 is 0.960 bits per heavy atom. The molecule has 0 bridgehead atoms. The van der Waals surface area contributed by atoms with Crippen LogP contribution in [-0.4, -0.2) is 19.2 Å². The van der Waals surface area contributed by atoms with Crippen molar-refractivity contribution in [2.75, 3.05) is 13.2 Å². The Morgan fingerprint density at radius 2 is 1.60 bits per heavy atom. The highest BCUT2D eigenvalue weighted by Gasteiger charge is 2.17. The third kappa shape index (κ3) is 6.24. The van der Waals surface area contributed by atoms with E-state index in [1.807, 2.05) is 19.1 Å². The molecule has 0 aliphatic rings. The van der Waals surface area contributed by atoms with Gasteiger partial charge in [0.05, 0.1) is 19.1 Å². The summed E-state index contributed by atoms with van der Waals surface area (Å²) in [7, 11) is 0. The Kier molecular flexibility index (Phi) is 7.56. The molecule has 0 aromatic heterocycles. The van der Waals surface area contributed by atoms with E-state index in [1.54, 1.807) is 37.3 Å². The summed E-state index contributed by atoms with van der Waals surface area (Å²) in [4.78, 5) is 11.7. The topological polar surface area (TPSA) is 44.8 Å². The number of benzene rings is 2. The van der Waals surface area contributed by atoms with Crippen molar-refractivity contribution in [1.82, 2.24) is 0 Å². The van der Waals surface area contributed by atoms with Crippen LogP contribution >= 0.6 is 23.2 Å². The van der Waals surface area contributed by atoms with E-state index < -0.39 is 0 Å². The first-order chi connectivity index (χ1) is 12.0. The number of hydrogen-bond donors (Lipinski definition) is 0. The third-order valence-electron chi connectivity index (χ3n) is 3.35. The monoisotopic (exact) mass is 382 g/mol. The summed E-state index contributed by atoms with van der Waals surface area (Å²) in [5.41, 5.74) is 0.881. The normalized spacial score (nSPS) is 11.8. The number of carbonyl (C=O) groups is 1. The van der Waals surface area contributed by atoms with Gasteiger partial charge >= 0.3 is 5.97 Å². The SMILES string of the molecule is CCOC(=O)C[C@H](OCC)c1ccc(Oc2cc(Cl)cc(Cl)c2)cc1. The maximum atomic E-state index is 11.7. The van der Waals surface area contributed by atoms with Crippen LogP contribution in [0.15, 0.2) is 42.5 Å². The summed E-state index contributed by atoms with van der Waals surface area (Å²) in [5.74, 6) is 0.904. The highest BCUT2D eigenvalue weighted by Crippen LogP contribution is 2.30. The van der Waals surface area contributed by atoms with Gasteiger partial charge in [0.25, 0.3) is 0 Å². The number of esters is 1. The molecule has 4 nitrogen and oxygen atoms in total. The lowest BCUT2D eigenvalue weighted by Gasteiger charge is -2.17. The lowest BCUT2D eigenvalue weighted by molar-refractivity contribution is -0.146. The zero-order valence-electron chi connectivity index (χ0n) is 14.1. The van der Waals surface area contributed by atoms with Gasteiger partial charge < -0.3 is 14.2 Å². The number of carbonyl (C=O) groups excluding carboxylic acids is 1. The quantitative estimate of drug-likeness (QED) is 0.539. The van der Waals surface area contributed by atoms with Gasteiger partial charge in [-0.25, -0.2) is 0 Å². The van der Waals surface area contributed by atoms with Gasteiger partial charge in [0.15, 0.2) is 0 Å². The number of rotatable bonds is 8. The van der Waals surface area contributed by atoms with Crippen LogP contribution in [0.1, 0.15) is 31.9 Å². The van der Waals surface area contributed by atoms with Crippen molar-refractivity contribution < 1.29 is 19.0 Å². The molecule has 0 N–H and O–H groups in total. The fourth-order valence-electron chi connectivity index (χ4n) is 2.32. The molecule has 0 fully saturated rings. The molecular formula is C19H20Cl2O4. The third-order valence-corrected chi connectivity index (χ3v) is 3.79. The maximum absolute atomic E-state index is 11.7. The minimum absolute atomic E-state index is 0.172. The molecule has 0 aliphatic carbocycles. The summed E-state index contributed by atoms with van der Waals surface area (Å²) < 4.78 is 16.4. The first kappa shape index (κ1) is 19.6. The Bertz CT molecular complexity index is 681. The summed E-state index contributed by atoms with van der Waals surface area (Å²) in [6, 6.07) is 12.3. The fraction of sp³-hybridized carbons (Fsp3) is 0.316. The van der Waals surface area contributed by atoms with Crippen LogP contribution in [0, 0.1) is 0 Å². The molecule has 0 radical (unpaired) electrons. The predicted molar refractivity (Wildman–Crippen MR) is 98.6 cm³/mol. The number of ether oxygens (including phenoxy) is 3. The molecule has 2 aromatic rings. The fourth-order valence-corrected chi connectivity index (χ4v) is 2.83. The largest absolute Gasteiger partial charge is 0.466 e. The van der Waals surface area contributed by atoms with Gasteiger partial charge in [-0.05, 0) is 49.7 Å². The Labute approximate surface area is 157 Å². The van der Waals surface area contributed by atoms with Gasteiger partial charge in [0.1, 0.15) is 11.5 Å². The summed E-state index contributed by atoms with van der Waals surface area (Å²) >= 11 is 11.9. The highest BCUT2D eigenvalue weighted by molar-refractivity contribution is 6.34. The van der Waals surface area contributed by atoms with Crippen LogP contribution in [0.4, 0.5) is 0 Å². The zero-order chi connectivity index (χ0) is 18.2. The first-order valence-corrected chi connectivity index (χ1v) is 8.78. The van der Waals surface area contributed by atoms with Gasteiger partial charge in [-0.15, -0.1) is 0 Å². The molecule has 0 saturated carbocycles. The molecule has 0 aliphatic heterocycles. The van der Waals surface area contributed by atoms with E-state index >= 15 is 0 Å². The number of hydrogen-bond acceptors (Lipinski definition) is 4. The van der Waals surface area contributed by atoms with Crippen molar-refractivity contribution in [3.8, 4) is 11.5 Å². The predicted octanol–water partition coefficient (Wildman–Crippen LogP) is 5.82. The average molecular weight is 383 g/mol. The standard InChI is InChI=1S/C19H20Cl2O4/c1-3-23-18(12-19(22)24-4-2)13-5-7-16(8-6-13)25-17-10-14(20)9-15(21)11-17/h5-11,18H,3-4,12H2,1-2H3/t18-/m0/s1. The van der Waals surface area contributed by atoms with E-state index in [4.69, 9.17) is 37.4 Å². The first-order valence-electron chi connectivity index (χ1n) is 8.03. The molecule has 2 rings (SSSR count).